The molecule has 144 valence electrons. The van der Waals surface area contributed by atoms with Crippen LogP contribution in [0.1, 0.15) is 24.1 Å². The summed E-state index contributed by atoms with van der Waals surface area (Å²) >= 11 is 1.41. The van der Waals surface area contributed by atoms with E-state index in [4.69, 9.17) is 0 Å². The molecule has 4 rings (SSSR count). The van der Waals surface area contributed by atoms with Gasteiger partial charge in [0.25, 0.3) is 5.56 Å². The van der Waals surface area contributed by atoms with E-state index in [1.165, 1.54) is 16.9 Å². The fourth-order valence-electron chi connectivity index (χ4n) is 3.87. The van der Waals surface area contributed by atoms with E-state index in [1.54, 1.807) is 6.92 Å². The zero-order valence-electron chi connectivity index (χ0n) is 16.4. The predicted molar refractivity (Wildman–Crippen MR) is 117 cm³/mol. The van der Waals surface area contributed by atoms with Crippen molar-refractivity contribution in [1.82, 2.24) is 14.9 Å². The highest BCUT2D eigenvalue weighted by atomic mass is 32.1. The van der Waals surface area contributed by atoms with E-state index >= 15 is 0 Å². The van der Waals surface area contributed by atoms with Gasteiger partial charge in [-0.25, -0.2) is 4.98 Å². The lowest BCUT2D eigenvalue weighted by Crippen LogP contribution is -2.18. The van der Waals surface area contributed by atoms with E-state index in [9.17, 15) is 9.90 Å². The standard InChI is InChI=1S/C22H23N3O2S/c1-12(11-25(3)4)14-5-7-15(8-6-14)17-18-16-9-10-28-20(16)22(27)24-19(18)13(2)23-21(17)26/h5-10,12H,11H2,1-4H3,(H,23,26)(H,24,27). The number of likely N-dealkylation sites (N-methyl/N-ethyl adjacent to an activating group) is 1. The van der Waals surface area contributed by atoms with Crippen molar-refractivity contribution in [1.29, 1.82) is 0 Å². The summed E-state index contributed by atoms with van der Waals surface area (Å²) in [5.74, 6) is 0.393. The van der Waals surface area contributed by atoms with E-state index in [-0.39, 0.29) is 11.4 Å². The Labute approximate surface area is 167 Å². The number of benzene rings is 1. The van der Waals surface area contributed by atoms with E-state index in [2.05, 4.69) is 48.0 Å². The molecule has 5 nitrogen and oxygen atoms in total. The van der Waals surface area contributed by atoms with Crippen LogP contribution in [0.5, 0.6) is 5.88 Å². The molecule has 28 heavy (non-hydrogen) atoms. The van der Waals surface area contributed by atoms with Crippen molar-refractivity contribution < 1.29 is 5.11 Å². The number of hydrogen-bond donors (Lipinski definition) is 2. The molecular weight excluding hydrogens is 370 g/mol. The molecule has 6 heteroatoms. The molecule has 3 heterocycles. The summed E-state index contributed by atoms with van der Waals surface area (Å²) in [5.41, 5.74) is 3.95. The van der Waals surface area contributed by atoms with Gasteiger partial charge in [-0.1, -0.05) is 31.2 Å². The van der Waals surface area contributed by atoms with Gasteiger partial charge >= 0.3 is 0 Å². The molecule has 1 unspecified atom stereocenters. The van der Waals surface area contributed by atoms with Crippen molar-refractivity contribution in [2.75, 3.05) is 20.6 Å². The molecule has 0 amide bonds. The zero-order valence-corrected chi connectivity index (χ0v) is 17.2. The van der Waals surface area contributed by atoms with Crippen LogP contribution < -0.4 is 5.56 Å². The fraction of sp³-hybridized carbons (Fsp3) is 0.273. The third-order valence-corrected chi connectivity index (χ3v) is 6.06. The van der Waals surface area contributed by atoms with Crippen LogP contribution in [0.2, 0.25) is 0 Å². The van der Waals surface area contributed by atoms with Crippen molar-refractivity contribution in [2.45, 2.75) is 19.8 Å². The predicted octanol–water partition coefficient (Wildman–Crippen LogP) is 4.48. The maximum atomic E-state index is 12.4. The van der Waals surface area contributed by atoms with Crippen LogP contribution in [0.25, 0.3) is 32.1 Å². The molecule has 0 radical (unpaired) electrons. The van der Waals surface area contributed by atoms with Crippen molar-refractivity contribution in [2.24, 2.45) is 0 Å². The number of H-pyrrole nitrogens is 1. The average molecular weight is 394 g/mol. The molecule has 0 aliphatic carbocycles. The molecule has 2 N–H and O–H groups in total. The lowest BCUT2D eigenvalue weighted by Gasteiger charge is -2.18. The topological polar surface area (TPSA) is 69.2 Å². The Morgan fingerprint density at radius 2 is 1.93 bits per heavy atom. The van der Waals surface area contributed by atoms with Crippen molar-refractivity contribution in [3.8, 4) is 17.0 Å². The molecule has 0 fully saturated rings. The summed E-state index contributed by atoms with van der Waals surface area (Å²) in [6.45, 7) is 4.97. The number of aromatic nitrogens is 2. The van der Waals surface area contributed by atoms with Crippen molar-refractivity contribution >= 4 is 32.3 Å². The average Bonchev–Trinajstić information content (AvgIpc) is 3.13. The monoisotopic (exact) mass is 393 g/mol. The molecule has 0 aliphatic rings. The zero-order chi connectivity index (χ0) is 20.0. The lowest BCUT2D eigenvalue weighted by molar-refractivity contribution is 0.383. The first-order valence-electron chi connectivity index (χ1n) is 9.24. The molecule has 0 saturated carbocycles. The normalized spacial score (nSPS) is 12.9. The molecule has 0 aliphatic heterocycles. The number of fused-ring (bicyclic) bond motifs is 3. The molecule has 1 aromatic carbocycles. The SMILES string of the molecule is Cc1nc(O)c(-c2ccc(C(C)CN(C)C)cc2)c2c1[nH]c(=O)c1sccc12. The molecule has 4 aromatic rings. The van der Waals surface area contributed by atoms with Gasteiger partial charge in [0.15, 0.2) is 0 Å². The Balaban J connectivity index is 1.94. The molecular formula is C22H23N3O2S. The summed E-state index contributed by atoms with van der Waals surface area (Å²) in [7, 11) is 4.14. The Hall–Kier alpha value is -2.70. The second-order valence-corrected chi connectivity index (χ2v) is 8.46. The fourth-order valence-corrected chi connectivity index (χ4v) is 4.66. The van der Waals surface area contributed by atoms with Crippen LogP contribution in [-0.2, 0) is 0 Å². The Morgan fingerprint density at radius 3 is 2.61 bits per heavy atom. The highest BCUT2D eigenvalue weighted by Crippen LogP contribution is 2.39. The second kappa shape index (κ2) is 7.04. The maximum absolute atomic E-state index is 12.4. The van der Waals surface area contributed by atoms with Crippen LogP contribution >= 0.6 is 11.3 Å². The number of rotatable bonds is 4. The third-order valence-electron chi connectivity index (χ3n) is 5.15. The number of aromatic amines is 1. The number of thiophene rings is 1. The maximum Gasteiger partial charge on any atom is 0.266 e. The largest absolute Gasteiger partial charge is 0.493 e. The van der Waals surface area contributed by atoms with Gasteiger partial charge in [0.2, 0.25) is 5.88 Å². The first-order chi connectivity index (χ1) is 13.4. The minimum absolute atomic E-state index is 0.0151. The van der Waals surface area contributed by atoms with Crippen LogP contribution in [0.3, 0.4) is 0 Å². The van der Waals surface area contributed by atoms with E-state index < -0.39 is 0 Å². The van der Waals surface area contributed by atoms with Gasteiger partial charge in [0, 0.05) is 17.3 Å². The molecule has 0 spiro atoms. The number of hydrogen-bond acceptors (Lipinski definition) is 5. The second-order valence-electron chi connectivity index (χ2n) is 7.55. The van der Waals surface area contributed by atoms with Gasteiger partial charge in [-0.2, -0.15) is 0 Å². The molecule has 1 atom stereocenters. The number of nitrogens with one attached hydrogen (secondary N) is 1. The Morgan fingerprint density at radius 1 is 1.21 bits per heavy atom. The van der Waals surface area contributed by atoms with Gasteiger partial charge < -0.3 is 15.0 Å². The van der Waals surface area contributed by atoms with E-state index in [1.807, 2.05) is 23.6 Å². The summed E-state index contributed by atoms with van der Waals surface area (Å²) in [6.07, 6.45) is 0. The number of aryl methyl sites for hydroxylation is 1. The third kappa shape index (κ3) is 3.08. The number of pyridine rings is 2. The quantitative estimate of drug-likeness (QED) is 0.536. The lowest BCUT2D eigenvalue weighted by atomic mass is 9.95. The molecule has 3 aromatic heterocycles. The summed E-state index contributed by atoms with van der Waals surface area (Å²) < 4.78 is 0.662. The number of nitrogens with zero attached hydrogens (tertiary/aromatic N) is 2. The van der Waals surface area contributed by atoms with Crippen LogP contribution in [0.15, 0.2) is 40.5 Å². The minimum Gasteiger partial charge on any atom is -0.493 e. The summed E-state index contributed by atoms with van der Waals surface area (Å²) in [6, 6.07) is 10.2. The number of aromatic hydroxyl groups is 1. The highest BCUT2D eigenvalue weighted by molar-refractivity contribution is 7.17. The Kier molecular flexibility index (Phi) is 4.69. The van der Waals surface area contributed by atoms with Crippen molar-refractivity contribution in [3.05, 3.63) is 57.3 Å². The van der Waals surface area contributed by atoms with Gasteiger partial charge in [-0.15, -0.1) is 11.3 Å². The van der Waals surface area contributed by atoms with Crippen LogP contribution in [-0.4, -0.2) is 40.6 Å². The van der Waals surface area contributed by atoms with Crippen LogP contribution in [0, 0.1) is 6.92 Å². The van der Waals surface area contributed by atoms with E-state index in [0.717, 1.165) is 22.9 Å². The first kappa shape index (κ1) is 18.7. The van der Waals surface area contributed by atoms with Gasteiger partial charge in [-0.3, -0.25) is 4.79 Å². The van der Waals surface area contributed by atoms with Crippen LogP contribution in [0.4, 0.5) is 0 Å². The summed E-state index contributed by atoms with van der Waals surface area (Å²) in [5, 5.41) is 14.3. The van der Waals surface area contributed by atoms with Gasteiger partial charge in [-0.05, 0) is 49.5 Å². The Bertz CT molecular complexity index is 1220. The van der Waals surface area contributed by atoms with Gasteiger partial charge in [0.05, 0.1) is 16.8 Å². The highest BCUT2D eigenvalue weighted by Gasteiger charge is 2.19. The smallest absolute Gasteiger partial charge is 0.266 e. The van der Waals surface area contributed by atoms with E-state index in [0.29, 0.717) is 27.4 Å². The first-order valence-corrected chi connectivity index (χ1v) is 10.1. The minimum atomic E-state index is -0.119. The molecule has 0 saturated heterocycles. The van der Waals surface area contributed by atoms with Gasteiger partial charge in [0.1, 0.15) is 4.70 Å². The molecule has 0 bridgehead atoms. The van der Waals surface area contributed by atoms with Crippen molar-refractivity contribution in [3.63, 3.8) is 0 Å². The summed E-state index contributed by atoms with van der Waals surface area (Å²) in [4.78, 5) is 21.8.